The van der Waals surface area contributed by atoms with E-state index in [1.165, 1.54) is 42.9 Å². The summed E-state index contributed by atoms with van der Waals surface area (Å²) in [5.74, 6) is 2.63. The van der Waals surface area contributed by atoms with Crippen LogP contribution in [0, 0.1) is 26.7 Å². The lowest BCUT2D eigenvalue weighted by Gasteiger charge is -2.57. The molecule has 0 atom stereocenters. The third-order valence-electron chi connectivity index (χ3n) is 5.93. The predicted octanol–water partition coefficient (Wildman–Crippen LogP) is 5.10. The average Bonchev–Trinajstić information content (AvgIpc) is 2.44. The molecule has 0 N–H and O–H groups in total. The van der Waals surface area contributed by atoms with Crippen LogP contribution < -0.4 is 0 Å². The molecule has 4 aliphatic rings. The van der Waals surface area contributed by atoms with Gasteiger partial charge in [-0.05, 0) is 102 Å². The van der Waals surface area contributed by atoms with Crippen LogP contribution in [0.3, 0.4) is 0 Å². The number of carbonyl (C=O) groups is 1. The van der Waals surface area contributed by atoms with Crippen molar-refractivity contribution in [3.05, 3.63) is 33.4 Å². The van der Waals surface area contributed by atoms with Crippen LogP contribution in [-0.2, 0) is 0 Å². The third kappa shape index (κ3) is 2.79. The Morgan fingerprint density at radius 2 is 1.77 bits per heavy atom. The SMILES string of the molecule is O=C(c1cccc(I)c1)N(Cl)CC12CC3CC(CC(C3)C1)C2. The van der Waals surface area contributed by atoms with Gasteiger partial charge in [-0.25, -0.2) is 0 Å². The molecule has 4 heteroatoms. The van der Waals surface area contributed by atoms with E-state index in [2.05, 4.69) is 22.6 Å². The van der Waals surface area contributed by atoms with Crippen LogP contribution in [-0.4, -0.2) is 16.9 Å². The second-order valence-corrected chi connectivity index (χ2v) is 9.41. The highest BCUT2D eigenvalue weighted by atomic mass is 127. The number of amides is 1. The third-order valence-corrected chi connectivity index (χ3v) is 6.88. The highest BCUT2D eigenvalue weighted by Gasteiger charge is 2.51. The molecule has 0 aromatic heterocycles. The van der Waals surface area contributed by atoms with Gasteiger partial charge in [-0.1, -0.05) is 6.07 Å². The first kappa shape index (κ1) is 15.3. The normalized spacial score (nSPS) is 35.6. The maximum Gasteiger partial charge on any atom is 0.268 e. The molecule has 1 aromatic carbocycles. The molecule has 1 aromatic rings. The molecule has 4 saturated carbocycles. The van der Waals surface area contributed by atoms with Crippen molar-refractivity contribution >= 4 is 40.3 Å². The lowest BCUT2D eigenvalue weighted by Crippen LogP contribution is -2.50. The number of hydrogen-bond donors (Lipinski definition) is 0. The first-order valence-electron chi connectivity index (χ1n) is 8.26. The van der Waals surface area contributed by atoms with Gasteiger partial charge in [-0.2, -0.15) is 0 Å². The molecule has 4 fully saturated rings. The fourth-order valence-corrected chi connectivity index (χ4v) is 6.51. The molecule has 4 bridgehead atoms. The van der Waals surface area contributed by atoms with Crippen molar-refractivity contribution in [3.63, 3.8) is 0 Å². The molecule has 22 heavy (non-hydrogen) atoms. The van der Waals surface area contributed by atoms with Gasteiger partial charge in [0.1, 0.15) is 0 Å². The highest BCUT2D eigenvalue weighted by molar-refractivity contribution is 14.1. The largest absolute Gasteiger partial charge is 0.268 e. The molecule has 4 aliphatic carbocycles. The number of halogens is 2. The van der Waals surface area contributed by atoms with E-state index in [0.717, 1.165) is 27.9 Å². The Bertz CT molecular complexity index is 567. The van der Waals surface area contributed by atoms with E-state index >= 15 is 0 Å². The van der Waals surface area contributed by atoms with Crippen LogP contribution in [0.5, 0.6) is 0 Å². The minimum atomic E-state index is -0.0454. The summed E-state index contributed by atoms with van der Waals surface area (Å²) in [4.78, 5) is 12.6. The van der Waals surface area contributed by atoms with E-state index in [4.69, 9.17) is 11.8 Å². The van der Waals surface area contributed by atoms with E-state index in [1.807, 2.05) is 24.3 Å². The summed E-state index contributed by atoms with van der Waals surface area (Å²) in [5, 5.41) is 0. The van der Waals surface area contributed by atoms with Gasteiger partial charge in [0.25, 0.3) is 5.91 Å². The maximum atomic E-state index is 12.6. The Morgan fingerprint density at radius 3 is 2.32 bits per heavy atom. The molecular formula is C18H21ClINO. The Labute approximate surface area is 150 Å². The summed E-state index contributed by atoms with van der Waals surface area (Å²) in [6.07, 6.45) is 8.11. The number of carbonyl (C=O) groups excluding carboxylic acids is 1. The molecule has 1 amide bonds. The monoisotopic (exact) mass is 429 g/mol. The summed E-state index contributed by atoms with van der Waals surface area (Å²) < 4.78 is 2.54. The zero-order chi connectivity index (χ0) is 15.3. The number of rotatable bonds is 3. The minimum Gasteiger partial charge on any atom is -0.268 e. The van der Waals surface area contributed by atoms with Crippen LogP contribution in [0.25, 0.3) is 0 Å². The van der Waals surface area contributed by atoms with Crippen LogP contribution >= 0.6 is 34.4 Å². The summed E-state index contributed by atoms with van der Waals surface area (Å²) in [6, 6.07) is 7.69. The molecule has 0 saturated heterocycles. The minimum absolute atomic E-state index is 0.0454. The lowest BCUT2D eigenvalue weighted by atomic mass is 9.49. The summed E-state index contributed by atoms with van der Waals surface area (Å²) in [7, 11) is 0. The summed E-state index contributed by atoms with van der Waals surface area (Å²) >= 11 is 8.67. The standard InChI is InChI=1S/C18H21ClINO/c19-21(17(22)15-2-1-3-16(20)7-15)11-18-8-12-4-13(9-18)6-14(5-12)10-18/h1-3,7,12-14H,4-6,8-11H2. The van der Waals surface area contributed by atoms with Crippen molar-refractivity contribution in [2.75, 3.05) is 6.54 Å². The Balaban J connectivity index is 1.50. The van der Waals surface area contributed by atoms with Gasteiger partial charge in [0, 0.05) is 27.5 Å². The van der Waals surface area contributed by atoms with Gasteiger partial charge >= 0.3 is 0 Å². The first-order chi connectivity index (χ1) is 10.5. The lowest BCUT2D eigenvalue weighted by molar-refractivity contribution is -0.0579. The van der Waals surface area contributed by atoms with E-state index < -0.39 is 0 Å². The van der Waals surface area contributed by atoms with Crippen molar-refractivity contribution in [1.29, 1.82) is 0 Å². The molecule has 0 unspecified atom stereocenters. The Kier molecular flexibility index (Phi) is 3.92. The van der Waals surface area contributed by atoms with Crippen molar-refractivity contribution in [3.8, 4) is 0 Å². The van der Waals surface area contributed by atoms with Gasteiger partial charge in [-0.3, -0.25) is 9.21 Å². The predicted molar refractivity (Wildman–Crippen MR) is 96.7 cm³/mol. The zero-order valence-corrected chi connectivity index (χ0v) is 15.5. The van der Waals surface area contributed by atoms with Crippen LogP contribution in [0.4, 0.5) is 0 Å². The Morgan fingerprint density at radius 1 is 1.18 bits per heavy atom. The molecule has 0 radical (unpaired) electrons. The second-order valence-electron chi connectivity index (χ2n) is 7.75. The van der Waals surface area contributed by atoms with Crippen molar-refractivity contribution < 1.29 is 4.79 Å². The first-order valence-corrected chi connectivity index (χ1v) is 9.68. The number of nitrogens with zero attached hydrogens (tertiary/aromatic N) is 1. The Hall–Kier alpha value is -0.290. The molecule has 0 heterocycles. The van der Waals surface area contributed by atoms with Gasteiger partial charge in [0.05, 0.1) is 0 Å². The fourth-order valence-electron chi connectivity index (χ4n) is 5.61. The van der Waals surface area contributed by atoms with E-state index in [9.17, 15) is 4.79 Å². The van der Waals surface area contributed by atoms with E-state index in [-0.39, 0.29) is 5.91 Å². The average molecular weight is 430 g/mol. The number of benzene rings is 1. The van der Waals surface area contributed by atoms with Gasteiger partial charge < -0.3 is 0 Å². The highest BCUT2D eigenvalue weighted by Crippen LogP contribution is 2.60. The summed E-state index contributed by atoms with van der Waals surface area (Å²) in [6.45, 7) is 0.725. The van der Waals surface area contributed by atoms with Crippen molar-refractivity contribution in [1.82, 2.24) is 4.42 Å². The second kappa shape index (κ2) is 5.66. The molecule has 2 nitrogen and oxygen atoms in total. The molecule has 0 aliphatic heterocycles. The molecule has 118 valence electrons. The smallest absolute Gasteiger partial charge is 0.268 e. The number of hydrogen-bond acceptors (Lipinski definition) is 1. The van der Waals surface area contributed by atoms with E-state index in [0.29, 0.717) is 11.0 Å². The van der Waals surface area contributed by atoms with Gasteiger partial charge in [-0.15, -0.1) is 0 Å². The van der Waals surface area contributed by atoms with Crippen LogP contribution in [0.1, 0.15) is 48.9 Å². The molecule has 0 spiro atoms. The van der Waals surface area contributed by atoms with Gasteiger partial charge in [0.2, 0.25) is 0 Å². The topological polar surface area (TPSA) is 20.3 Å². The quantitative estimate of drug-likeness (QED) is 0.483. The van der Waals surface area contributed by atoms with Crippen molar-refractivity contribution in [2.45, 2.75) is 38.5 Å². The van der Waals surface area contributed by atoms with Crippen molar-refractivity contribution in [2.24, 2.45) is 23.2 Å². The zero-order valence-electron chi connectivity index (χ0n) is 12.6. The summed E-state index contributed by atoms with van der Waals surface area (Å²) in [5.41, 5.74) is 1.00. The molecular weight excluding hydrogens is 409 g/mol. The van der Waals surface area contributed by atoms with Crippen LogP contribution in [0.15, 0.2) is 24.3 Å². The van der Waals surface area contributed by atoms with E-state index in [1.54, 1.807) is 0 Å². The van der Waals surface area contributed by atoms with Gasteiger partial charge in [0.15, 0.2) is 0 Å². The van der Waals surface area contributed by atoms with Crippen LogP contribution in [0.2, 0.25) is 0 Å². The molecule has 5 rings (SSSR count). The maximum absolute atomic E-state index is 12.6. The fraction of sp³-hybridized carbons (Fsp3) is 0.611.